The van der Waals surface area contributed by atoms with Crippen LogP contribution in [0.2, 0.25) is 0 Å². The molecule has 0 aliphatic carbocycles. The van der Waals surface area contributed by atoms with Crippen LogP contribution in [0.3, 0.4) is 0 Å². The summed E-state index contributed by atoms with van der Waals surface area (Å²) in [6.07, 6.45) is -0.606. The summed E-state index contributed by atoms with van der Waals surface area (Å²) >= 11 is 0. The van der Waals surface area contributed by atoms with Crippen LogP contribution >= 0.6 is 0 Å². The molecular weight excluding hydrogens is 262 g/mol. The Kier molecular flexibility index (Phi) is 4.53. The van der Waals surface area contributed by atoms with Crippen LogP contribution in [0.5, 0.6) is 5.75 Å². The molecule has 2 aromatic rings. The summed E-state index contributed by atoms with van der Waals surface area (Å²) in [5, 5.41) is 19.8. The molecule has 0 bridgehead atoms. The van der Waals surface area contributed by atoms with E-state index in [1.807, 2.05) is 18.2 Å². The molecule has 0 fully saturated rings. The maximum Gasteiger partial charge on any atom is 0.115 e. The Morgan fingerprint density at radius 3 is 2.05 bits per heavy atom. The van der Waals surface area contributed by atoms with Gasteiger partial charge in [0.2, 0.25) is 0 Å². The van der Waals surface area contributed by atoms with E-state index in [-0.39, 0.29) is 11.3 Å². The number of nitrogens with zero attached hydrogens (tertiary/aromatic N) is 1. The molecule has 0 saturated carbocycles. The van der Waals surface area contributed by atoms with Crippen LogP contribution in [0.25, 0.3) is 0 Å². The molecule has 0 heterocycles. The molecule has 0 saturated heterocycles. The highest BCUT2D eigenvalue weighted by atomic mass is 16.3. The molecule has 21 heavy (non-hydrogen) atoms. The Morgan fingerprint density at radius 2 is 1.52 bits per heavy atom. The van der Waals surface area contributed by atoms with Crippen molar-refractivity contribution in [1.29, 1.82) is 0 Å². The zero-order valence-corrected chi connectivity index (χ0v) is 12.8. The van der Waals surface area contributed by atoms with E-state index < -0.39 is 6.10 Å². The molecule has 0 aliphatic rings. The van der Waals surface area contributed by atoms with Crippen LogP contribution in [0, 0.1) is 0 Å². The third kappa shape index (κ3) is 3.99. The first-order valence-electron chi connectivity index (χ1n) is 7.17. The minimum Gasteiger partial charge on any atom is -0.508 e. The highest BCUT2D eigenvalue weighted by Crippen LogP contribution is 2.27. The normalized spacial score (nSPS) is 13.0. The van der Waals surface area contributed by atoms with Gasteiger partial charge in [0.05, 0.1) is 6.10 Å². The Labute approximate surface area is 126 Å². The lowest BCUT2D eigenvalue weighted by molar-refractivity contribution is 0.176. The summed E-state index contributed by atoms with van der Waals surface area (Å²) in [7, 11) is 0. The van der Waals surface area contributed by atoms with Crippen molar-refractivity contribution in [3.63, 3.8) is 0 Å². The highest BCUT2D eigenvalue weighted by molar-refractivity contribution is 5.48. The molecule has 0 spiro atoms. The standard InChI is InChI=1S/C18H23NO2/c1-18(2,3)19(15-7-5-4-6-8-15)13-17(21)14-9-11-16(20)12-10-14/h4-12,17,20-21H,13H2,1-3H3. The van der Waals surface area contributed by atoms with Crippen molar-refractivity contribution < 1.29 is 10.2 Å². The molecule has 0 aliphatic heterocycles. The van der Waals surface area contributed by atoms with Gasteiger partial charge in [0.1, 0.15) is 5.75 Å². The molecule has 2 aromatic carbocycles. The van der Waals surface area contributed by atoms with Gasteiger partial charge in [0, 0.05) is 17.8 Å². The zero-order chi connectivity index (χ0) is 15.5. The molecule has 2 N–H and O–H groups in total. The number of benzene rings is 2. The average Bonchev–Trinajstić information content (AvgIpc) is 2.45. The number of anilines is 1. The van der Waals surface area contributed by atoms with Gasteiger partial charge in [-0.2, -0.15) is 0 Å². The van der Waals surface area contributed by atoms with Crippen LogP contribution in [-0.4, -0.2) is 22.3 Å². The highest BCUT2D eigenvalue weighted by Gasteiger charge is 2.24. The number of rotatable bonds is 4. The Hall–Kier alpha value is -2.00. The number of para-hydroxylation sites is 1. The van der Waals surface area contributed by atoms with E-state index >= 15 is 0 Å². The molecule has 3 heteroatoms. The van der Waals surface area contributed by atoms with Crippen molar-refractivity contribution in [3.8, 4) is 5.75 Å². The first-order chi connectivity index (χ1) is 9.88. The van der Waals surface area contributed by atoms with E-state index in [1.54, 1.807) is 24.3 Å². The monoisotopic (exact) mass is 285 g/mol. The van der Waals surface area contributed by atoms with Crippen molar-refractivity contribution in [3.05, 3.63) is 60.2 Å². The van der Waals surface area contributed by atoms with Crippen LogP contribution in [-0.2, 0) is 0 Å². The first kappa shape index (κ1) is 15.4. The second-order valence-electron chi connectivity index (χ2n) is 6.22. The minimum absolute atomic E-state index is 0.0980. The molecule has 0 amide bonds. The molecular formula is C18H23NO2. The lowest BCUT2D eigenvalue weighted by Crippen LogP contribution is -2.44. The number of aromatic hydroxyl groups is 1. The van der Waals surface area contributed by atoms with E-state index in [2.05, 4.69) is 37.8 Å². The van der Waals surface area contributed by atoms with Crippen molar-refractivity contribution >= 4 is 5.69 Å². The second-order valence-corrected chi connectivity index (χ2v) is 6.22. The topological polar surface area (TPSA) is 43.7 Å². The zero-order valence-electron chi connectivity index (χ0n) is 12.8. The third-order valence-electron chi connectivity index (χ3n) is 3.51. The number of hydrogen-bond acceptors (Lipinski definition) is 3. The van der Waals surface area contributed by atoms with Gasteiger partial charge in [-0.15, -0.1) is 0 Å². The van der Waals surface area contributed by atoms with Crippen LogP contribution in [0.1, 0.15) is 32.4 Å². The fraction of sp³-hybridized carbons (Fsp3) is 0.333. The van der Waals surface area contributed by atoms with Gasteiger partial charge in [-0.25, -0.2) is 0 Å². The predicted molar refractivity (Wildman–Crippen MR) is 86.6 cm³/mol. The second kappa shape index (κ2) is 6.19. The van der Waals surface area contributed by atoms with Crippen molar-refractivity contribution in [1.82, 2.24) is 0 Å². The largest absolute Gasteiger partial charge is 0.508 e. The van der Waals surface area contributed by atoms with Gasteiger partial charge in [-0.05, 0) is 50.6 Å². The number of aliphatic hydroxyl groups is 1. The van der Waals surface area contributed by atoms with Crippen molar-refractivity contribution in [2.24, 2.45) is 0 Å². The minimum atomic E-state index is -0.606. The maximum absolute atomic E-state index is 10.5. The number of aliphatic hydroxyl groups excluding tert-OH is 1. The fourth-order valence-electron chi connectivity index (χ4n) is 2.35. The van der Waals surface area contributed by atoms with Gasteiger partial charge in [0.15, 0.2) is 0 Å². The lowest BCUT2D eigenvalue weighted by Gasteiger charge is -2.39. The molecule has 112 valence electrons. The summed E-state index contributed by atoms with van der Waals surface area (Å²) in [4.78, 5) is 2.19. The first-order valence-corrected chi connectivity index (χ1v) is 7.17. The predicted octanol–water partition coefficient (Wildman–Crippen LogP) is 3.73. The van der Waals surface area contributed by atoms with Gasteiger partial charge < -0.3 is 15.1 Å². The summed E-state index contributed by atoms with van der Waals surface area (Å²) in [5.41, 5.74) is 1.79. The van der Waals surface area contributed by atoms with Crippen LogP contribution in [0.4, 0.5) is 5.69 Å². The van der Waals surface area contributed by atoms with Crippen LogP contribution in [0.15, 0.2) is 54.6 Å². The van der Waals surface area contributed by atoms with Crippen molar-refractivity contribution in [2.45, 2.75) is 32.4 Å². The third-order valence-corrected chi connectivity index (χ3v) is 3.51. The maximum atomic E-state index is 10.5. The summed E-state index contributed by atoms with van der Waals surface area (Å²) < 4.78 is 0. The quantitative estimate of drug-likeness (QED) is 0.899. The van der Waals surface area contributed by atoms with Gasteiger partial charge in [-0.1, -0.05) is 30.3 Å². The van der Waals surface area contributed by atoms with Gasteiger partial charge in [-0.3, -0.25) is 0 Å². The van der Waals surface area contributed by atoms with Crippen molar-refractivity contribution in [2.75, 3.05) is 11.4 Å². The van der Waals surface area contributed by atoms with E-state index in [1.165, 1.54) is 0 Å². The summed E-state index contributed by atoms with van der Waals surface area (Å²) in [6, 6.07) is 16.8. The number of hydrogen-bond donors (Lipinski definition) is 2. The molecule has 1 atom stereocenters. The van der Waals surface area contributed by atoms with Gasteiger partial charge in [0.25, 0.3) is 0 Å². The molecule has 2 rings (SSSR count). The fourth-order valence-corrected chi connectivity index (χ4v) is 2.35. The van der Waals surface area contributed by atoms with E-state index in [4.69, 9.17) is 0 Å². The average molecular weight is 285 g/mol. The van der Waals surface area contributed by atoms with Gasteiger partial charge >= 0.3 is 0 Å². The Morgan fingerprint density at radius 1 is 0.952 bits per heavy atom. The number of phenolic OH excluding ortho intramolecular Hbond substituents is 1. The Bertz CT molecular complexity index is 558. The molecule has 0 aromatic heterocycles. The lowest BCUT2D eigenvalue weighted by atomic mass is 10.0. The van der Waals surface area contributed by atoms with E-state index in [9.17, 15) is 10.2 Å². The SMILES string of the molecule is CC(C)(C)N(CC(O)c1ccc(O)cc1)c1ccccc1. The van der Waals surface area contributed by atoms with E-state index in [0.717, 1.165) is 11.3 Å². The molecule has 3 nitrogen and oxygen atoms in total. The number of β-amino-alcohol motifs (C(OH)–C–C–N with tert-alkyl or cyclic N) is 1. The molecule has 1 unspecified atom stereocenters. The summed E-state index contributed by atoms with van der Waals surface area (Å²) in [5.74, 6) is 0.210. The Balaban J connectivity index is 2.21. The number of phenols is 1. The summed E-state index contributed by atoms with van der Waals surface area (Å²) in [6.45, 7) is 6.88. The van der Waals surface area contributed by atoms with Crippen LogP contribution < -0.4 is 4.90 Å². The van der Waals surface area contributed by atoms with E-state index in [0.29, 0.717) is 6.54 Å². The molecule has 0 radical (unpaired) electrons. The smallest absolute Gasteiger partial charge is 0.115 e.